The average molecular weight is 1050 g/mol. The van der Waals surface area contributed by atoms with Crippen molar-refractivity contribution in [1.29, 1.82) is 0 Å². The van der Waals surface area contributed by atoms with Gasteiger partial charge >= 0.3 is 0 Å². The van der Waals surface area contributed by atoms with Crippen LogP contribution in [0.3, 0.4) is 0 Å². The summed E-state index contributed by atoms with van der Waals surface area (Å²) in [4.78, 5) is 31.8. The number of hydrogen-bond acceptors (Lipinski definition) is 8. The maximum absolute atomic E-state index is 6.37. The van der Waals surface area contributed by atoms with Crippen LogP contribution in [0.5, 0.6) is 0 Å². The first kappa shape index (κ1) is 46.0. The second-order valence-electron chi connectivity index (χ2n) is 21.2. The molecule has 2 unspecified atom stereocenters. The molecule has 0 saturated heterocycles. The van der Waals surface area contributed by atoms with Crippen molar-refractivity contribution in [3.05, 3.63) is 288 Å². The number of nitrogens with zero attached hydrogens (tertiary/aromatic N) is 6. The zero-order valence-electron chi connectivity index (χ0n) is 43.9. The number of para-hydroxylation sites is 2. The fourth-order valence-corrected chi connectivity index (χ4v) is 13.0. The summed E-state index contributed by atoms with van der Waals surface area (Å²) in [7, 11) is 0. The van der Waals surface area contributed by atoms with E-state index in [1.54, 1.807) is 0 Å². The summed E-state index contributed by atoms with van der Waals surface area (Å²) >= 11 is 0. The minimum atomic E-state index is -0.0384. The normalized spacial score (nSPS) is 14.1. The number of furan rings is 2. The first-order valence-corrected chi connectivity index (χ1v) is 27.7. The van der Waals surface area contributed by atoms with Gasteiger partial charge in [0.2, 0.25) is 0 Å². The van der Waals surface area contributed by atoms with Crippen LogP contribution in [0.4, 0.5) is 0 Å². The van der Waals surface area contributed by atoms with Crippen molar-refractivity contribution in [2.45, 2.75) is 11.8 Å². The number of aromatic nitrogens is 6. The van der Waals surface area contributed by atoms with Gasteiger partial charge in [-0.05, 0) is 92.0 Å². The van der Waals surface area contributed by atoms with Gasteiger partial charge in [-0.1, -0.05) is 218 Å². The van der Waals surface area contributed by atoms with E-state index in [2.05, 4.69) is 182 Å². The molecule has 2 atom stereocenters. The minimum Gasteiger partial charge on any atom is -0.456 e. The van der Waals surface area contributed by atoms with Gasteiger partial charge in [0.05, 0.1) is 0 Å². The first-order valence-electron chi connectivity index (χ1n) is 27.7. The average Bonchev–Trinajstić information content (AvgIpc) is 3.06. The molecular formula is C74H44N6O2. The maximum atomic E-state index is 6.37. The van der Waals surface area contributed by atoms with Crippen molar-refractivity contribution in [3.8, 4) is 90.6 Å². The van der Waals surface area contributed by atoms with Gasteiger partial charge in [-0.3, -0.25) is 0 Å². The molecule has 18 rings (SSSR count). The Bertz CT molecular complexity index is 4770. The van der Waals surface area contributed by atoms with Gasteiger partial charge < -0.3 is 8.83 Å². The Morgan fingerprint density at radius 1 is 0.220 bits per heavy atom. The van der Waals surface area contributed by atoms with Gasteiger partial charge in [0.25, 0.3) is 0 Å². The second-order valence-corrected chi connectivity index (χ2v) is 21.2. The van der Waals surface area contributed by atoms with E-state index in [1.807, 2.05) is 72.8 Å². The highest BCUT2D eigenvalue weighted by Crippen LogP contribution is 2.57. The van der Waals surface area contributed by atoms with Crippen LogP contribution in [-0.2, 0) is 0 Å². The second kappa shape index (κ2) is 18.3. The van der Waals surface area contributed by atoms with E-state index < -0.39 is 0 Å². The summed E-state index contributed by atoms with van der Waals surface area (Å²) in [5.74, 6) is 3.53. The molecule has 0 spiro atoms. The lowest BCUT2D eigenvalue weighted by Crippen LogP contribution is -2.27. The number of fused-ring (bicyclic) bond motifs is 6. The number of hydrogen-bond donors (Lipinski definition) is 0. The lowest BCUT2D eigenvalue weighted by atomic mass is 9.61. The van der Waals surface area contributed by atoms with Crippen molar-refractivity contribution < 1.29 is 8.83 Å². The van der Waals surface area contributed by atoms with E-state index in [9.17, 15) is 0 Å². The third-order valence-corrected chi connectivity index (χ3v) is 16.6. The van der Waals surface area contributed by atoms with E-state index in [0.717, 1.165) is 99.5 Å². The molecule has 3 aliphatic rings. The topological polar surface area (TPSA) is 104 Å². The van der Waals surface area contributed by atoms with Crippen LogP contribution in [0.1, 0.15) is 45.2 Å². The zero-order valence-corrected chi connectivity index (χ0v) is 43.9. The maximum Gasteiger partial charge on any atom is 0.164 e. The smallest absolute Gasteiger partial charge is 0.164 e. The van der Waals surface area contributed by atoms with Crippen LogP contribution < -0.4 is 0 Å². The molecule has 382 valence electrons. The summed E-state index contributed by atoms with van der Waals surface area (Å²) in [6.45, 7) is 0. The molecule has 0 aliphatic heterocycles. The fraction of sp³-hybridized carbons (Fsp3) is 0.0270. The quantitative estimate of drug-likeness (QED) is 0.148. The third-order valence-electron chi connectivity index (χ3n) is 16.6. The molecule has 0 N–H and O–H groups in total. The van der Waals surface area contributed by atoms with Gasteiger partial charge in [-0.25, -0.2) is 29.9 Å². The molecule has 8 nitrogen and oxygen atoms in total. The fourth-order valence-electron chi connectivity index (χ4n) is 13.0. The molecule has 0 radical (unpaired) electrons. The summed E-state index contributed by atoms with van der Waals surface area (Å²) < 4.78 is 12.7. The van der Waals surface area contributed by atoms with Crippen molar-refractivity contribution in [3.63, 3.8) is 0 Å². The van der Waals surface area contributed by atoms with Crippen molar-refractivity contribution in [2.24, 2.45) is 0 Å². The minimum absolute atomic E-state index is 0.0384. The standard InChI is InChI=1S/C74H44N6O2/c1-3-19-43(20-4-1)69-75-71(79-73(77-69)55-27-11-7-23-47(55)49-31-17-35-63-67(49)57-29-13-15-33-61(57)81-63)45-37-39-53-59(41-45)65-51-25-9-10-26-52(51)66(53)60-42-46(38-40-54(60)65)72-76-70(44-21-5-2-6-22-44)78-74(80-72)56-28-12-8-24-48(56)50-32-18-36-64-68(50)58-30-14-16-34-62(58)82-64/h1-42,65-66H. The number of rotatable bonds is 8. The van der Waals surface area contributed by atoms with Gasteiger partial charge in [0.15, 0.2) is 34.9 Å². The highest BCUT2D eigenvalue weighted by Gasteiger charge is 2.42. The van der Waals surface area contributed by atoms with Crippen molar-refractivity contribution in [1.82, 2.24) is 29.9 Å². The molecule has 0 fully saturated rings. The van der Waals surface area contributed by atoms with Crippen LogP contribution in [0.15, 0.2) is 264 Å². The summed E-state index contributed by atoms with van der Waals surface area (Å²) in [5.41, 5.74) is 20.6. The molecular weight excluding hydrogens is 1000 g/mol. The lowest BCUT2D eigenvalue weighted by Gasteiger charge is -2.42. The van der Waals surface area contributed by atoms with Crippen LogP contribution >= 0.6 is 0 Å². The van der Waals surface area contributed by atoms with Gasteiger partial charge in [-0.2, -0.15) is 0 Å². The summed E-state index contributed by atoms with van der Waals surface area (Å²) in [6, 6.07) is 88.7. The van der Waals surface area contributed by atoms with Gasteiger partial charge in [0, 0.05) is 66.8 Å². The third kappa shape index (κ3) is 7.24. The Kier molecular flexibility index (Phi) is 10.3. The van der Waals surface area contributed by atoms with Crippen LogP contribution in [0.2, 0.25) is 0 Å². The predicted molar refractivity (Wildman–Crippen MR) is 326 cm³/mol. The Morgan fingerprint density at radius 3 is 1.00 bits per heavy atom. The van der Waals surface area contributed by atoms with Crippen LogP contribution in [0.25, 0.3) is 134 Å². The molecule has 0 saturated carbocycles. The lowest BCUT2D eigenvalue weighted by molar-refractivity contribution is 0.668. The Labute approximate surface area is 470 Å². The number of benzene rings is 11. The van der Waals surface area contributed by atoms with E-state index in [0.29, 0.717) is 34.9 Å². The summed E-state index contributed by atoms with van der Waals surface area (Å²) in [6.07, 6.45) is 0. The largest absolute Gasteiger partial charge is 0.456 e. The van der Waals surface area contributed by atoms with Crippen molar-refractivity contribution in [2.75, 3.05) is 0 Å². The first-order chi connectivity index (χ1) is 40.6. The summed E-state index contributed by atoms with van der Waals surface area (Å²) in [5, 5.41) is 4.25. The molecule has 82 heavy (non-hydrogen) atoms. The monoisotopic (exact) mass is 1050 g/mol. The molecule has 15 aromatic rings. The highest BCUT2D eigenvalue weighted by atomic mass is 16.3. The van der Waals surface area contributed by atoms with E-state index in [4.69, 9.17) is 38.7 Å². The molecule has 11 aromatic carbocycles. The Balaban J connectivity index is 0.797. The van der Waals surface area contributed by atoms with E-state index in [-0.39, 0.29) is 11.8 Å². The van der Waals surface area contributed by atoms with E-state index >= 15 is 0 Å². The molecule has 8 heteroatoms. The Morgan fingerprint density at radius 2 is 0.549 bits per heavy atom. The van der Waals surface area contributed by atoms with Gasteiger partial charge in [-0.15, -0.1) is 0 Å². The van der Waals surface area contributed by atoms with E-state index in [1.165, 1.54) is 33.4 Å². The Hall–Kier alpha value is -11.0. The molecule has 3 aliphatic carbocycles. The predicted octanol–water partition coefficient (Wildman–Crippen LogP) is 18.2. The molecule has 4 aromatic heterocycles. The van der Waals surface area contributed by atoms with Crippen LogP contribution in [0, 0.1) is 0 Å². The molecule has 0 amide bonds. The SMILES string of the molecule is c1ccc(-c2nc(-c3ccc4c(c3)C3c5ccccc5C4c4cc(-c5nc(-c6ccccc6)nc(-c6ccccc6-c6cccc7oc8ccccc8c67)n5)ccc43)nc(-c3ccccc3-c3cccc4oc5ccccc5c34)n2)cc1. The molecule has 2 bridgehead atoms. The van der Waals surface area contributed by atoms with Crippen LogP contribution in [-0.4, -0.2) is 29.9 Å². The van der Waals surface area contributed by atoms with Gasteiger partial charge in [0.1, 0.15) is 22.3 Å². The van der Waals surface area contributed by atoms with Crippen molar-refractivity contribution >= 4 is 43.9 Å². The zero-order chi connectivity index (χ0) is 53.8. The highest BCUT2D eigenvalue weighted by molar-refractivity contribution is 6.14. The molecule has 4 heterocycles.